The van der Waals surface area contributed by atoms with Crippen LogP contribution in [0.5, 0.6) is 0 Å². The molecule has 1 saturated carbocycles. The Labute approximate surface area is 188 Å². The highest BCUT2D eigenvalue weighted by Gasteiger charge is 2.33. The molecule has 1 aromatic heterocycles. The van der Waals surface area contributed by atoms with E-state index in [1.54, 1.807) is 4.90 Å². The summed E-state index contributed by atoms with van der Waals surface area (Å²) in [5.74, 6) is 1.40. The maximum Gasteiger partial charge on any atom is 0.316 e. The van der Waals surface area contributed by atoms with Crippen LogP contribution in [0.15, 0.2) is 28.8 Å². The highest BCUT2D eigenvalue weighted by atomic mass is 16.5. The average Bonchev–Trinajstić information content (AvgIpc) is 3.28. The first-order valence-electron chi connectivity index (χ1n) is 11.9. The Hall–Kier alpha value is -2.90. The number of piperazine rings is 1. The maximum absolute atomic E-state index is 12.8. The summed E-state index contributed by atoms with van der Waals surface area (Å²) in [6, 6.07) is 8.14. The Bertz CT molecular complexity index is 952. The summed E-state index contributed by atoms with van der Waals surface area (Å²) in [4.78, 5) is 35.6. The van der Waals surface area contributed by atoms with E-state index in [4.69, 9.17) is 4.52 Å². The minimum atomic E-state index is -0.265. The van der Waals surface area contributed by atoms with Gasteiger partial charge in [0, 0.05) is 56.4 Å². The molecule has 5 rings (SSSR count). The van der Waals surface area contributed by atoms with E-state index >= 15 is 0 Å². The molecule has 0 unspecified atom stereocenters. The van der Waals surface area contributed by atoms with Crippen molar-refractivity contribution in [2.45, 2.75) is 39.0 Å². The van der Waals surface area contributed by atoms with Crippen molar-refractivity contribution < 1.29 is 14.1 Å². The van der Waals surface area contributed by atoms with Crippen LogP contribution in [-0.4, -0.2) is 71.0 Å². The van der Waals surface area contributed by atoms with Crippen molar-refractivity contribution in [3.05, 3.63) is 30.2 Å². The molecule has 2 aromatic rings. The first-order chi connectivity index (χ1) is 15.6. The molecule has 2 saturated heterocycles. The van der Waals surface area contributed by atoms with E-state index in [-0.39, 0.29) is 23.6 Å². The zero-order chi connectivity index (χ0) is 22.1. The molecule has 3 fully saturated rings. The molecule has 1 aromatic carbocycles. The molecule has 2 aliphatic heterocycles. The predicted molar refractivity (Wildman–Crippen MR) is 120 cm³/mol. The first kappa shape index (κ1) is 21.0. The third-order valence-electron chi connectivity index (χ3n) is 7.22. The fraction of sp³-hybridized carbons (Fsp3) is 0.583. The quantitative estimate of drug-likeness (QED) is 0.731. The number of benzene rings is 1. The second-order valence-electron chi connectivity index (χ2n) is 9.38. The molecule has 0 spiro atoms. The van der Waals surface area contributed by atoms with Gasteiger partial charge in [-0.15, -0.1) is 0 Å². The molecule has 8 nitrogen and oxygen atoms in total. The number of nitrogens with zero attached hydrogens (tertiary/aromatic N) is 5. The van der Waals surface area contributed by atoms with E-state index in [9.17, 15) is 9.59 Å². The predicted octanol–water partition coefficient (Wildman–Crippen LogP) is 3.06. The number of amides is 2. The van der Waals surface area contributed by atoms with Gasteiger partial charge in [0.2, 0.25) is 11.7 Å². The van der Waals surface area contributed by atoms with Crippen molar-refractivity contribution in [3.8, 4) is 11.4 Å². The molecular weight excluding hydrogens is 406 g/mol. The molecule has 8 heteroatoms. The van der Waals surface area contributed by atoms with Gasteiger partial charge < -0.3 is 19.2 Å². The van der Waals surface area contributed by atoms with Crippen molar-refractivity contribution in [3.63, 3.8) is 0 Å². The molecule has 3 heterocycles. The lowest BCUT2D eigenvalue weighted by Gasteiger charge is -2.37. The Kier molecular flexibility index (Phi) is 5.85. The largest absolute Gasteiger partial charge is 0.372 e. The van der Waals surface area contributed by atoms with E-state index in [0.29, 0.717) is 32.0 Å². The Morgan fingerprint density at radius 1 is 0.906 bits per heavy atom. The fourth-order valence-corrected chi connectivity index (χ4v) is 4.69. The zero-order valence-corrected chi connectivity index (χ0v) is 18.7. The lowest BCUT2D eigenvalue weighted by atomic mass is 9.84. The minimum Gasteiger partial charge on any atom is -0.372 e. The first-order valence-corrected chi connectivity index (χ1v) is 11.9. The van der Waals surface area contributed by atoms with Crippen molar-refractivity contribution >= 4 is 17.5 Å². The second-order valence-corrected chi connectivity index (χ2v) is 9.38. The SMILES string of the molecule is CC1CCN(c2ccc(-c3noc(C(=O)N4CCN(C(=O)C5CCC5)CC4)n3)cc2)CC1. The summed E-state index contributed by atoms with van der Waals surface area (Å²) < 4.78 is 5.29. The van der Waals surface area contributed by atoms with Crippen molar-refractivity contribution in [1.82, 2.24) is 19.9 Å². The molecule has 1 aliphatic carbocycles. The average molecular weight is 438 g/mol. The van der Waals surface area contributed by atoms with Crippen molar-refractivity contribution in [2.24, 2.45) is 11.8 Å². The van der Waals surface area contributed by atoms with Crippen LogP contribution in [-0.2, 0) is 4.79 Å². The molecule has 32 heavy (non-hydrogen) atoms. The van der Waals surface area contributed by atoms with Crippen LogP contribution in [0.2, 0.25) is 0 Å². The van der Waals surface area contributed by atoms with E-state index in [1.165, 1.54) is 18.5 Å². The van der Waals surface area contributed by atoms with Gasteiger partial charge in [-0.05, 0) is 55.9 Å². The van der Waals surface area contributed by atoms with Gasteiger partial charge in [0.05, 0.1) is 0 Å². The van der Waals surface area contributed by atoms with Gasteiger partial charge >= 0.3 is 11.8 Å². The van der Waals surface area contributed by atoms with Gasteiger partial charge in [-0.25, -0.2) is 0 Å². The number of hydrogen-bond acceptors (Lipinski definition) is 6. The molecule has 0 radical (unpaired) electrons. The van der Waals surface area contributed by atoms with Gasteiger partial charge in [-0.3, -0.25) is 9.59 Å². The minimum absolute atomic E-state index is 0.00728. The second kappa shape index (κ2) is 8.92. The number of carbonyl (C=O) groups excluding carboxylic acids is 2. The third-order valence-corrected chi connectivity index (χ3v) is 7.22. The van der Waals surface area contributed by atoms with Crippen LogP contribution >= 0.6 is 0 Å². The molecule has 0 N–H and O–H groups in total. The molecule has 2 amide bonds. The van der Waals surface area contributed by atoms with Gasteiger partial charge in [-0.2, -0.15) is 4.98 Å². The van der Waals surface area contributed by atoms with E-state index in [1.807, 2.05) is 17.0 Å². The monoisotopic (exact) mass is 437 g/mol. The van der Waals surface area contributed by atoms with Crippen LogP contribution < -0.4 is 4.90 Å². The summed E-state index contributed by atoms with van der Waals surface area (Å²) >= 11 is 0. The van der Waals surface area contributed by atoms with Gasteiger partial charge in [0.25, 0.3) is 0 Å². The summed E-state index contributed by atoms with van der Waals surface area (Å²) in [6.07, 6.45) is 5.60. The molecule has 0 atom stereocenters. The molecule has 170 valence electrons. The topological polar surface area (TPSA) is 82.8 Å². The summed E-state index contributed by atoms with van der Waals surface area (Å²) in [7, 11) is 0. The van der Waals surface area contributed by atoms with E-state index in [2.05, 4.69) is 34.1 Å². The van der Waals surface area contributed by atoms with Crippen LogP contribution in [0.4, 0.5) is 5.69 Å². The van der Waals surface area contributed by atoms with Gasteiger partial charge in [0.15, 0.2) is 0 Å². The van der Waals surface area contributed by atoms with E-state index < -0.39 is 0 Å². The Morgan fingerprint density at radius 3 is 2.19 bits per heavy atom. The summed E-state index contributed by atoms with van der Waals surface area (Å²) in [5, 5.41) is 4.03. The molecular formula is C24H31N5O3. The lowest BCUT2D eigenvalue weighted by Crippen LogP contribution is -2.52. The Balaban J connectivity index is 1.18. The summed E-state index contributed by atoms with van der Waals surface area (Å²) in [5.41, 5.74) is 2.03. The summed E-state index contributed by atoms with van der Waals surface area (Å²) in [6.45, 7) is 6.61. The smallest absolute Gasteiger partial charge is 0.316 e. The van der Waals surface area contributed by atoms with Crippen LogP contribution in [0.1, 0.15) is 49.7 Å². The highest BCUT2D eigenvalue weighted by Crippen LogP contribution is 2.29. The number of rotatable bonds is 4. The van der Waals surface area contributed by atoms with Crippen molar-refractivity contribution in [1.29, 1.82) is 0 Å². The van der Waals surface area contributed by atoms with Crippen molar-refractivity contribution in [2.75, 3.05) is 44.2 Å². The van der Waals surface area contributed by atoms with Gasteiger partial charge in [0.1, 0.15) is 0 Å². The number of carbonyl (C=O) groups is 2. The maximum atomic E-state index is 12.8. The fourth-order valence-electron chi connectivity index (χ4n) is 4.69. The molecule has 3 aliphatic rings. The van der Waals surface area contributed by atoms with Crippen LogP contribution in [0.3, 0.4) is 0 Å². The number of piperidine rings is 1. The van der Waals surface area contributed by atoms with Gasteiger partial charge in [-0.1, -0.05) is 18.5 Å². The standard InChI is InChI=1S/C24H31N5O3/c1-17-9-11-27(12-10-17)20-7-5-18(6-8-20)21-25-22(32-26-21)24(31)29-15-13-28(14-16-29)23(30)19-3-2-4-19/h5-8,17,19H,2-4,9-16H2,1H3. The lowest BCUT2D eigenvalue weighted by molar-refractivity contribution is -0.139. The zero-order valence-electron chi connectivity index (χ0n) is 18.7. The third kappa shape index (κ3) is 4.23. The Morgan fingerprint density at radius 2 is 1.56 bits per heavy atom. The van der Waals surface area contributed by atoms with E-state index in [0.717, 1.165) is 43.8 Å². The number of anilines is 1. The van der Waals surface area contributed by atoms with Crippen LogP contribution in [0.25, 0.3) is 11.4 Å². The molecule has 0 bridgehead atoms. The normalized spacial score (nSPS) is 20.3. The number of hydrogen-bond donors (Lipinski definition) is 0. The highest BCUT2D eigenvalue weighted by molar-refractivity contribution is 5.90. The number of aromatic nitrogens is 2. The van der Waals surface area contributed by atoms with Crippen LogP contribution in [0, 0.1) is 11.8 Å².